The first-order chi connectivity index (χ1) is 12.7. The van der Waals surface area contributed by atoms with Gasteiger partial charge >= 0.3 is 0 Å². The van der Waals surface area contributed by atoms with E-state index in [1.54, 1.807) is 47.5 Å². The highest BCUT2D eigenvalue weighted by Crippen LogP contribution is 2.27. The summed E-state index contributed by atoms with van der Waals surface area (Å²) in [5.74, 6) is 0.326. The second-order valence-electron chi connectivity index (χ2n) is 6.76. The third-order valence-corrected chi connectivity index (χ3v) is 4.97. The molecule has 0 atom stereocenters. The number of nitrogens with one attached hydrogen (secondary N) is 2. The summed E-state index contributed by atoms with van der Waals surface area (Å²) in [4.78, 5) is 26.7. The molecule has 4 rings (SSSR count). The standard InChI is InChI=1S/C19H21N5O2/c25-18(22-15-3-1-4-15)13-6-8-16(9-7-13)24(17-5-2-10-21-23-17)19(26)14-11-20-12-14/h2,5-10,14-15,20H,1,3-4,11-12H2,(H,22,25). The van der Waals surface area contributed by atoms with Crippen LogP contribution in [-0.4, -0.2) is 41.1 Å². The number of amides is 2. The van der Waals surface area contributed by atoms with Gasteiger partial charge in [0.1, 0.15) is 0 Å². The molecule has 0 bridgehead atoms. The molecule has 2 amide bonds. The molecule has 2 heterocycles. The molecule has 1 saturated carbocycles. The van der Waals surface area contributed by atoms with Gasteiger partial charge in [0.15, 0.2) is 5.82 Å². The van der Waals surface area contributed by atoms with E-state index in [-0.39, 0.29) is 17.7 Å². The zero-order valence-electron chi connectivity index (χ0n) is 14.4. The number of carbonyl (C=O) groups is 2. The van der Waals surface area contributed by atoms with Crippen LogP contribution in [0, 0.1) is 5.92 Å². The van der Waals surface area contributed by atoms with Crippen molar-refractivity contribution in [1.29, 1.82) is 0 Å². The number of carbonyl (C=O) groups excluding carboxylic acids is 2. The van der Waals surface area contributed by atoms with E-state index < -0.39 is 0 Å². The molecular formula is C19H21N5O2. The number of nitrogens with zero attached hydrogens (tertiary/aromatic N) is 3. The van der Waals surface area contributed by atoms with E-state index in [1.807, 2.05) is 0 Å². The van der Waals surface area contributed by atoms with Gasteiger partial charge in [0.05, 0.1) is 11.6 Å². The minimum Gasteiger partial charge on any atom is -0.349 e. The molecule has 26 heavy (non-hydrogen) atoms. The highest BCUT2D eigenvalue weighted by molar-refractivity contribution is 6.02. The fraction of sp³-hybridized carbons (Fsp3) is 0.368. The van der Waals surface area contributed by atoms with Gasteiger partial charge in [-0.3, -0.25) is 14.5 Å². The van der Waals surface area contributed by atoms with Crippen LogP contribution in [0.5, 0.6) is 0 Å². The van der Waals surface area contributed by atoms with Crippen LogP contribution in [0.2, 0.25) is 0 Å². The van der Waals surface area contributed by atoms with Crippen LogP contribution < -0.4 is 15.5 Å². The van der Waals surface area contributed by atoms with Gasteiger partial charge in [-0.1, -0.05) is 0 Å². The van der Waals surface area contributed by atoms with E-state index in [0.717, 1.165) is 12.8 Å². The fourth-order valence-electron chi connectivity index (χ4n) is 3.01. The number of rotatable bonds is 5. The maximum Gasteiger partial charge on any atom is 0.251 e. The van der Waals surface area contributed by atoms with Crippen LogP contribution in [0.1, 0.15) is 29.6 Å². The zero-order chi connectivity index (χ0) is 17.9. The molecule has 1 aliphatic carbocycles. The molecule has 0 unspecified atom stereocenters. The molecule has 1 aliphatic heterocycles. The molecule has 1 aromatic carbocycles. The average Bonchev–Trinajstić information content (AvgIpc) is 2.58. The summed E-state index contributed by atoms with van der Waals surface area (Å²) in [5, 5.41) is 14.1. The lowest BCUT2D eigenvalue weighted by molar-refractivity contribution is -0.123. The summed E-state index contributed by atoms with van der Waals surface area (Å²) in [6, 6.07) is 10.9. The van der Waals surface area contributed by atoms with Gasteiger partial charge < -0.3 is 10.6 Å². The predicted molar refractivity (Wildman–Crippen MR) is 97.1 cm³/mol. The van der Waals surface area contributed by atoms with E-state index in [0.29, 0.717) is 36.2 Å². The van der Waals surface area contributed by atoms with Gasteiger partial charge in [-0.15, -0.1) is 5.10 Å². The van der Waals surface area contributed by atoms with Crippen molar-refractivity contribution in [2.24, 2.45) is 5.92 Å². The van der Waals surface area contributed by atoms with Crippen molar-refractivity contribution < 1.29 is 9.59 Å². The average molecular weight is 351 g/mol. The summed E-state index contributed by atoms with van der Waals surface area (Å²) in [5.41, 5.74) is 1.28. The van der Waals surface area contributed by atoms with Crippen LogP contribution in [0.4, 0.5) is 11.5 Å². The largest absolute Gasteiger partial charge is 0.349 e. The third kappa shape index (κ3) is 3.30. The Morgan fingerprint density at radius 3 is 2.42 bits per heavy atom. The normalized spacial score (nSPS) is 17.1. The molecule has 7 heteroatoms. The summed E-state index contributed by atoms with van der Waals surface area (Å²) >= 11 is 0. The van der Waals surface area contributed by atoms with Crippen molar-refractivity contribution in [3.05, 3.63) is 48.2 Å². The Balaban J connectivity index is 1.56. The van der Waals surface area contributed by atoms with Gasteiger partial charge in [-0.2, -0.15) is 5.10 Å². The zero-order valence-corrected chi connectivity index (χ0v) is 14.4. The van der Waals surface area contributed by atoms with E-state index in [9.17, 15) is 9.59 Å². The molecule has 2 aromatic rings. The molecule has 1 saturated heterocycles. The quantitative estimate of drug-likeness (QED) is 0.855. The molecule has 0 radical (unpaired) electrons. The Hall–Kier alpha value is -2.80. The van der Waals surface area contributed by atoms with Crippen LogP contribution in [0.3, 0.4) is 0 Å². The summed E-state index contributed by atoms with van der Waals surface area (Å²) < 4.78 is 0. The molecule has 2 aliphatic rings. The third-order valence-electron chi connectivity index (χ3n) is 4.97. The Morgan fingerprint density at radius 2 is 1.88 bits per heavy atom. The van der Waals surface area contributed by atoms with Crippen molar-refractivity contribution >= 4 is 23.3 Å². The van der Waals surface area contributed by atoms with Gasteiger partial charge in [0.25, 0.3) is 5.91 Å². The first-order valence-electron chi connectivity index (χ1n) is 8.96. The van der Waals surface area contributed by atoms with Crippen molar-refractivity contribution in [1.82, 2.24) is 20.8 Å². The first-order valence-corrected chi connectivity index (χ1v) is 8.96. The molecular weight excluding hydrogens is 330 g/mol. The summed E-state index contributed by atoms with van der Waals surface area (Å²) in [6.07, 6.45) is 4.85. The van der Waals surface area contributed by atoms with E-state index in [1.165, 1.54) is 6.42 Å². The highest BCUT2D eigenvalue weighted by atomic mass is 16.2. The monoisotopic (exact) mass is 351 g/mol. The van der Waals surface area contributed by atoms with Crippen LogP contribution >= 0.6 is 0 Å². The number of hydrogen-bond donors (Lipinski definition) is 2. The SMILES string of the molecule is O=C(NC1CCC1)c1ccc(N(C(=O)C2CNC2)c2cccnn2)cc1. The minimum atomic E-state index is -0.0707. The van der Waals surface area contributed by atoms with E-state index >= 15 is 0 Å². The predicted octanol–water partition coefficient (Wildman–Crippen LogP) is 1.64. The maximum absolute atomic E-state index is 12.9. The topological polar surface area (TPSA) is 87.2 Å². The second-order valence-corrected chi connectivity index (χ2v) is 6.76. The van der Waals surface area contributed by atoms with E-state index in [2.05, 4.69) is 20.8 Å². The lowest BCUT2D eigenvalue weighted by Gasteiger charge is -2.31. The van der Waals surface area contributed by atoms with Gasteiger partial charge in [-0.05, 0) is 55.7 Å². The molecule has 134 valence electrons. The lowest BCUT2D eigenvalue weighted by Crippen LogP contribution is -2.51. The highest BCUT2D eigenvalue weighted by Gasteiger charge is 2.32. The summed E-state index contributed by atoms with van der Waals surface area (Å²) in [6.45, 7) is 1.33. The maximum atomic E-state index is 12.9. The Labute approximate surface area is 151 Å². The number of anilines is 2. The number of aromatic nitrogens is 2. The van der Waals surface area contributed by atoms with Gasteiger partial charge in [0, 0.05) is 30.9 Å². The molecule has 2 N–H and O–H groups in total. The Morgan fingerprint density at radius 1 is 1.12 bits per heavy atom. The lowest BCUT2D eigenvalue weighted by atomic mass is 9.93. The Kier molecular flexibility index (Phi) is 4.62. The Bertz CT molecular complexity index is 785. The number of benzene rings is 1. The molecule has 2 fully saturated rings. The van der Waals surface area contributed by atoms with Crippen molar-refractivity contribution in [2.75, 3.05) is 18.0 Å². The number of hydrogen-bond acceptors (Lipinski definition) is 5. The smallest absolute Gasteiger partial charge is 0.251 e. The fourth-order valence-corrected chi connectivity index (χ4v) is 3.01. The second kappa shape index (κ2) is 7.21. The van der Waals surface area contributed by atoms with Crippen LogP contribution in [0.15, 0.2) is 42.6 Å². The molecule has 1 aromatic heterocycles. The first kappa shape index (κ1) is 16.7. The van der Waals surface area contributed by atoms with Crippen molar-refractivity contribution in [3.8, 4) is 0 Å². The molecule has 0 spiro atoms. The van der Waals surface area contributed by atoms with Crippen LogP contribution in [-0.2, 0) is 4.79 Å². The van der Waals surface area contributed by atoms with Crippen molar-refractivity contribution in [2.45, 2.75) is 25.3 Å². The van der Waals surface area contributed by atoms with Crippen molar-refractivity contribution in [3.63, 3.8) is 0 Å². The summed E-state index contributed by atoms with van der Waals surface area (Å²) in [7, 11) is 0. The van der Waals surface area contributed by atoms with Gasteiger partial charge in [-0.25, -0.2) is 0 Å². The van der Waals surface area contributed by atoms with E-state index in [4.69, 9.17) is 0 Å². The molecule has 7 nitrogen and oxygen atoms in total. The minimum absolute atomic E-state index is 0.0177. The van der Waals surface area contributed by atoms with Crippen LogP contribution in [0.25, 0.3) is 0 Å². The van der Waals surface area contributed by atoms with Gasteiger partial charge in [0.2, 0.25) is 5.91 Å².